The van der Waals surface area contributed by atoms with Crippen LogP contribution in [0.15, 0.2) is 29.6 Å². The number of ether oxygens (including phenoxy) is 2. The number of anilines is 1. The van der Waals surface area contributed by atoms with Gasteiger partial charge in [-0.1, -0.05) is 0 Å². The molecule has 30 heavy (non-hydrogen) atoms. The number of fused-ring (bicyclic) bond motifs is 1. The number of nitrogens with one attached hydrogen (secondary N) is 1. The molecule has 7 nitrogen and oxygen atoms in total. The van der Waals surface area contributed by atoms with Crippen LogP contribution in [0.25, 0.3) is 11.3 Å². The number of nitrogens with zero attached hydrogens (tertiary/aromatic N) is 3. The second kappa shape index (κ2) is 7.12. The van der Waals surface area contributed by atoms with E-state index in [0.717, 1.165) is 41.3 Å². The lowest BCUT2D eigenvalue weighted by atomic mass is 10.1. The Morgan fingerprint density at radius 1 is 1.17 bits per heavy atom. The molecule has 1 N–H and O–H groups in total. The predicted molar refractivity (Wildman–Crippen MR) is 116 cm³/mol. The van der Waals surface area contributed by atoms with Gasteiger partial charge in [0.05, 0.1) is 11.2 Å². The van der Waals surface area contributed by atoms with Crippen LogP contribution in [0.2, 0.25) is 0 Å². The average Bonchev–Trinajstić information content (AvgIpc) is 3.28. The third-order valence-electron chi connectivity index (χ3n) is 5.16. The van der Waals surface area contributed by atoms with Crippen molar-refractivity contribution in [1.82, 2.24) is 14.8 Å². The van der Waals surface area contributed by atoms with E-state index in [0.29, 0.717) is 30.0 Å². The quantitative estimate of drug-likeness (QED) is 0.659. The maximum absolute atomic E-state index is 12.8. The number of benzene rings is 1. The van der Waals surface area contributed by atoms with Crippen molar-refractivity contribution in [2.45, 2.75) is 45.1 Å². The highest BCUT2D eigenvalue weighted by Gasteiger charge is 2.32. The monoisotopic (exact) mass is 424 g/mol. The molecule has 0 saturated heterocycles. The van der Waals surface area contributed by atoms with Crippen molar-refractivity contribution in [1.29, 1.82) is 0 Å². The summed E-state index contributed by atoms with van der Waals surface area (Å²) in [5.41, 5.74) is 3.12. The van der Waals surface area contributed by atoms with Gasteiger partial charge in [-0.25, -0.2) is 4.98 Å². The molecule has 1 aromatic carbocycles. The predicted octanol–water partition coefficient (Wildman–Crippen LogP) is 4.66. The number of hydrogen-bond donors (Lipinski definition) is 1. The maximum atomic E-state index is 12.8. The maximum Gasteiger partial charge on any atom is 0.277 e. The number of thiazole rings is 1. The van der Waals surface area contributed by atoms with Gasteiger partial charge < -0.3 is 9.47 Å². The molecule has 2 aliphatic rings. The van der Waals surface area contributed by atoms with Crippen LogP contribution in [0, 0.1) is 0 Å². The van der Waals surface area contributed by atoms with Crippen molar-refractivity contribution in [3.63, 3.8) is 0 Å². The molecule has 1 aliphatic carbocycles. The number of aromatic nitrogens is 3. The summed E-state index contributed by atoms with van der Waals surface area (Å²) in [6.07, 6.45) is 2.32. The minimum absolute atomic E-state index is 0.164. The highest BCUT2D eigenvalue weighted by Crippen LogP contribution is 2.42. The van der Waals surface area contributed by atoms with E-state index in [4.69, 9.17) is 9.47 Å². The van der Waals surface area contributed by atoms with Gasteiger partial charge in [0.1, 0.15) is 13.2 Å². The van der Waals surface area contributed by atoms with E-state index in [1.807, 2.05) is 34.3 Å². The number of carbonyl (C=O) groups excluding carboxylic acids is 1. The highest BCUT2D eigenvalue weighted by atomic mass is 32.1. The zero-order chi connectivity index (χ0) is 20.9. The van der Waals surface area contributed by atoms with Gasteiger partial charge in [0.15, 0.2) is 22.3 Å². The smallest absolute Gasteiger partial charge is 0.277 e. The van der Waals surface area contributed by atoms with Crippen LogP contribution in [0.5, 0.6) is 11.5 Å². The SMILES string of the molecule is CC(C)(C)n1nc(C(=O)Nc2nc(-c3ccc4c(c3)OCCO4)cs2)cc1C1CC1. The molecule has 156 valence electrons. The summed E-state index contributed by atoms with van der Waals surface area (Å²) in [7, 11) is 0. The molecular formula is C22H24N4O3S. The Balaban J connectivity index is 1.35. The van der Waals surface area contributed by atoms with Crippen LogP contribution in [-0.4, -0.2) is 33.9 Å². The zero-order valence-electron chi connectivity index (χ0n) is 17.3. The van der Waals surface area contributed by atoms with Crippen molar-refractivity contribution in [2.75, 3.05) is 18.5 Å². The van der Waals surface area contributed by atoms with E-state index in [2.05, 4.69) is 36.2 Å². The lowest BCUT2D eigenvalue weighted by Crippen LogP contribution is -2.25. The first-order valence-electron chi connectivity index (χ1n) is 10.2. The highest BCUT2D eigenvalue weighted by molar-refractivity contribution is 7.14. The molecule has 3 aromatic rings. The van der Waals surface area contributed by atoms with Crippen LogP contribution >= 0.6 is 11.3 Å². The summed E-state index contributed by atoms with van der Waals surface area (Å²) in [4.78, 5) is 17.4. The number of rotatable bonds is 4. The van der Waals surface area contributed by atoms with Gasteiger partial charge in [0.2, 0.25) is 0 Å². The Morgan fingerprint density at radius 3 is 2.67 bits per heavy atom. The summed E-state index contributed by atoms with van der Waals surface area (Å²) in [6.45, 7) is 7.42. The Kier molecular flexibility index (Phi) is 4.54. The van der Waals surface area contributed by atoms with E-state index in [1.54, 1.807) is 0 Å². The van der Waals surface area contributed by atoms with Gasteiger partial charge in [0, 0.05) is 22.6 Å². The summed E-state index contributed by atoms with van der Waals surface area (Å²) < 4.78 is 13.2. The van der Waals surface area contributed by atoms with Crippen LogP contribution in [0.3, 0.4) is 0 Å². The second-order valence-corrected chi connectivity index (χ2v) is 9.52. The van der Waals surface area contributed by atoms with Gasteiger partial charge in [-0.2, -0.15) is 5.10 Å². The van der Waals surface area contributed by atoms with E-state index in [-0.39, 0.29) is 11.4 Å². The zero-order valence-corrected chi connectivity index (χ0v) is 18.1. The standard InChI is InChI=1S/C22H24N4O3S/c1-22(2,3)26-17(13-4-5-13)11-15(25-26)20(27)24-21-23-16(12-30-21)14-6-7-18-19(10-14)29-9-8-28-18/h6-7,10-13H,4-5,8-9H2,1-3H3,(H,23,24,27). The molecule has 5 rings (SSSR count). The van der Waals surface area contributed by atoms with E-state index in [9.17, 15) is 4.79 Å². The van der Waals surface area contributed by atoms with Crippen LogP contribution in [0.4, 0.5) is 5.13 Å². The third-order valence-corrected chi connectivity index (χ3v) is 5.92. The fraction of sp³-hybridized carbons (Fsp3) is 0.409. The van der Waals surface area contributed by atoms with Gasteiger partial charge >= 0.3 is 0 Å². The molecule has 1 fully saturated rings. The van der Waals surface area contributed by atoms with Crippen molar-refractivity contribution in [3.05, 3.63) is 41.0 Å². The first kappa shape index (κ1) is 19.1. The number of hydrogen-bond acceptors (Lipinski definition) is 6. The summed E-state index contributed by atoms with van der Waals surface area (Å²) in [5, 5.41) is 9.97. The number of carbonyl (C=O) groups is 1. The molecular weight excluding hydrogens is 400 g/mol. The fourth-order valence-corrected chi connectivity index (χ4v) is 4.26. The minimum atomic E-state index is -0.233. The van der Waals surface area contributed by atoms with Gasteiger partial charge in [-0.3, -0.25) is 14.8 Å². The molecule has 3 heterocycles. The fourth-order valence-electron chi connectivity index (χ4n) is 3.54. The molecule has 1 saturated carbocycles. The average molecular weight is 425 g/mol. The Hall–Kier alpha value is -2.87. The summed E-state index contributed by atoms with van der Waals surface area (Å²) in [6, 6.07) is 7.68. The minimum Gasteiger partial charge on any atom is -0.486 e. The lowest BCUT2D eigenvalue weighted by molar-refractivity contribution is 0.102. The lowest BCUT2D eigenvalue weighted by Gasteiger charge is -2.22. The Labute approximate surface area is 179 Å². The Bertz CT molecular complexity index is 1110. The summed E-state index contributed by atoms with van der Waals surface area (Å²) >= 11 is 1.39. The topological polar surface area (TPSA) is 78.3 Å². The van der Waals surface area contributed by atoms with Crippen molar-refractivity contribution >= 4 is 22.4 Å². The molecule has 0 bridgehead atoms. The largest absolute Gasteiger partial charge is 0.486 e. The van der Waals surface area contributed by atoms with Gasteiger partial charge in [-0.15, -0.1) is 11.3 Å². The second-order valence-electron chi connectivity index (χ2n) is 8.66. The molecule has 0 spiro atoms. The van der Waals surface area contributed by atoms with E-state index >= 15 is 0 Å². The van der Waals surface area contributed by atoms with Crippen LogP contribution in [0.1, 0.15) is 55.7 Å². The normalized spacial score (nSPS) is 15.8. The molecule has 0 atom stereocenters. The van der Waals surface area contributed by atoms with Crippen molar-refractivity contribution in [2.24, 2.45) is 0 Å². The van der Waals surface area contributed by atoms with Crippen LogP contribution in [-0.2, 0) is 5.54 Å². The first-order chi connectivity index (χ1) is 14.4. The van der Waals surface area contributed by atoms with E-state index < -0.39 is 0 Å². The molecule has 1 aliphatic heterocycles. The van der Waals surface area contributed by atoms with Crippen molar-refractivity contribution < 1.29 is 14.3 Å². The molecule has 2 aromatic heterocycles. The molecule has 8 heteroatoms. The number of amides is 1. The first-order valence-corrected chi connectivity index (χ1v) is 11.0. The molecule has 1 amide bonds. The molecule has 0 radical (unpaired) electrons. The Morgan fingerprint density at radius 2 is 1.93 bits per heavy atom. The van der Waals surface area contributed by atoms with Gasteiger partial charge in [-0.05, 0) is 57.9 Å². The van der Waals surface area contributed by atoms with Crippen molar-refractivity contribution in [3.8, 4) is 22.8 Å². The summed E-state index contributed by atoms with van der Waals surface area (Å²) in [5.74, 6) is 1.75. The van der Waals surface area contributed by atoms with E-state index in [1.165, 1.54) is 11.3 Å². The van der Waals surface area contributed by atoms with Crippen LogP contribution < -0.4 is 14.8 Å². The molecule has 0 unspecified atom stereocenters. The van der Waals surface area contributed by atoms with Gasteiger partial charge in [0.25, 0.3) is 5.91 Å². The third kappa shape index (κ3) is 3.67.